The summed E-state index contributed by atoms with van der Waals surface area (Å²) < 4.78 is 7.26. The number of hydrogen-bond donors (Lipinski definition) is 0. The lowest BCUT2D eigenvalue weighted by molar-refractivity contribution is 0.303. The van der Waals surface area contributed by atoms with E-state index >= 15 is 0 Å². The van der Waals surface area contributed by atoms with Crippen LogP contribution in [-0.2, 0) is 6.54 Å². The molecule has 130 valence electrons. The maximum atomic E-state index is 12.2. The van der Waals surface area contributed by atoms with E-state index in [0.717, 1.165) is 12.0 Å². The molecule has 0 aliphatic heterocycles. The quantitative estimate of drug-likeness (QED) is 0.543. The van der Waals surface area contributed by atoms with E-state index < -0.39 is 0 Å². The summed E-state index contributed by atoms with van der Waals surface area (Å²) in [7, 11) is 0. The van der Waals surface area contributed by atoms with E-state index in [9.17, 15) is 4.79 Å². The van der Waals surface area contributed by atoms with Crippen molar-refractivity contribution in [1.82, 2.24) is 4.57 Å². The van der Waals surface area contributed by atoms with Crippen LogP contribution in [0.2, 0.25) is 10.0 Å². The molecule has 0 amide bonds. The average molecular weight is 368 g/mol. The molecule has 1 aromatic carbocycles. The van der Waals surface area contributed by atoms with Gasteiger partial charge in [-0.15, -0.1) is 0 Å². The summed E-state index contributed by atoms with van der Waals surface area (Å²) in [6.45, 7) is 3.25. The third-order valence-electron chi connectivity index (χ3n) is 3.84. The average Bonchev–Trinajstić information content (AvgIpc) is 2.55. The summed E-state index contributed by atoms with van der Waals surface area (Å²) in [5.74, 6) is 0.619. The second-order valence-corrected chi connectivity index (χ2v) is 6.67. The standard InChI is InChI=1S/C19H23Cl2NO2/c1-2-3-4-5-6-11-24-17-9-10-22(19(23)13-17)14-15-7-8-16(20)12-18(15)21/h7-10,12-13H,2-6,11,14H2,1H3. The molecule has 1 aromatic heterocycles. The predicted molar refractivity (Wildman–Crippen MR) is 101 cm³/mol. The van der Waals surface area contributed by atoms with E-state index in [1.807, 2.05) is 12.1 Å². The van der Waals surface area contributed by atoms with Crippen LogP contribution in [0.4, 0.5) is 0 Å². The molecule has 0 atom stereocenters. The van der Waals surface area contributed by atoms with Crippen LogP contribution in [-0.4, -0.2) is 11.2 Å². The Labute approximate surface area is 153 Å². The minimum absolute atomic E-state index is 0.107. The molecule has 1 heterocycles. The molecule has 3 nitrogen and oxygen atoms in total. The SMILES string of the molecule is CCCCCCCOc1ccn(Cc2ccc(Cl)cc2Cl)c(=O)c1. The summed E-state index contributed by atoms with van der Waals surface area (Å²) in [6, 6.07) is 8.62. The highest BCUT2D eigenvalue weighted by Gasteiger charge is 2.05. The maximum absolute atomic E-state index is 12.2. The molecule has 0 saturated carbocycles. The third-order valence-corrected chi connectivity index (χ3v) is 4.43. The lowest BCUT2D eigenvalue weighted by Gasteiger charge is -2.10. The summed E-state index contributed by atoms with van der Waals surface area (Å²) in [5, 5.41) is 1.14. The summed E-state index contributed by atoms with van der Waals surface area (Å²) >= 11 is 12.1. The Morgan fingerprint density at radius 1 is 1.04 bits per heavy atom. The molecule has 0 aliphatic carbocycles. The Morgan fingerprint density at radius 2 is 1.83 bits per heavy atom. The van der Waals surface area contributed by atoms with Gasteiger partial charge in [0, 0.05) is 22.3 Å². The molecular formula is C19H23Cl2NO2. The monoisotopic (exact) mass is 367 g/mol. The fourth-order valence-corrected chi connectivity index (χ4v) is 2.91. The van der Waals surface area contributed by atoms with E-state index in [0.29, 0.717) is 28.9 Å². The van der Waals surface area contributed by atoms with Crippen molar-refractivity contribution in [2.24, 2.45) is 0 Å². The zero-order valence-corrected chi connectivity index (χ0v) is 15.4. The second-order valence-electron chi connectivity index (χ2n) is 5.83. The number of benzene rings is 1. The predicted octanol–water partition coefficient (Wildman–Crippen LogP) is 5.55. The number of hydrogen-bond acceptors (Lipinski definition) is 2. The first-order valence-corrected chi connectivity index (χ1v) is 9.13. The molecule has 0 saturated heterocycles. The molecular weight excluding hydrogens is 345 g/mol. The van der Waals surface area contributed by atoms with Gasteiger partial charge in [0.1, 0.15) is 5.75 Å². The largest absolute Gasteiger partial charge is 0.493 e. The zero-order valence-electron chi connectivity index (χ0n) is 13.9. The number of halogens is 2. The Bertz CT molecular complexity index is 713. The summed E-state index contributed by atoms with van der Waals surface area (Å²) in [6.07, 6.45) is 7.66. The lowest BCUT2D eigenvalue weighted by atomic mass is 10.2. The van der Waals surface area contributed by atoms with E-state index in [1.54, 1.807) is 22.9 Å². The van der Waals surface area contributed by atoms with Crippen molar-refractivity contribution in [2.45, 2.75) is 45.6 Å². The molecule has 0 bridgehead atoms. The van der Waals surface area contributed by atoms with Gasteiger partial charge in [-0.25, -0.2) is 0 Å². The minimum atomic E-state index is -0.107. The molecule has 0 unspecified atom stereocenters. The van der Waals surface area contributed by atoms with Crippen LogP contribution >= 0.6 is 23.2 Å². The van der Waals surface area contributed by atoms with Crippen molar-refractivity contribution in [1.29, 1.82) is 0 Å². The van der Waals surface area contributed by atoms with Gasteiger partial charge >= 0.3 is 0 Å². The van der Waals surface area contributed by atoms with Crippen LogP contribution in [0.3, 0.4) is 0 Å². The zero-order chi connectivity index (χ0) is 17.4. The molecule has 0 spiro atoms. The van der Waals surface area contributed by atoms with Gasteiger partial charge in [-0.3, -0.25) is 4.79 Å². The molecule has 0 radical (unpaired) electrons. The van der Waals surface area contributed by atoms with Crippen LogP contribution in [0.1, 0.15) is 44.6 Å². The Balaban J connectivity index is 1.91. The lowest BCUT2D eigenvalue weighted by Crippen LogP contribution is -2.19. The van der Waals surface area contributed by atoms with Crippen LogP contribution < -0.4 is 10.3 Å². The van der Waals surface area contributed by atoms with E-state index in [1.165, 1.54) is 31.7 Å². The van der Waals surface area contributed by atoms with Gasteiger partial charge in [-0.05, 0) is 30.2 Å². The van der Waals surface area contributed by atoms with Crippen LogP contribution in [0.25, 0.3) is 0 Å². The molecule has 2 aromatic rings. The minimum Gasteiger partial charge on any atom is -0.493 e. The van der Waals surface area contributed by atoms with Gasteiger partial charge in [-0.1, -0.05) is 61.9 Å². The van der Waals surface area contributed by atoms with Crippen LogP contribution in [0, 0.1) is 0 Å². The van der Waals surface area contributed by atoms with Crippen LogP contribution in [0.5, 0.6) is 5.75 Å². The van der Waals surface area contributed by atoms with Gasteiger partial charge < -0.3 is 9.30 Å². The van der Waals surface area contributed by atoms with Crippen molar-refractivity contribution in [3.05, 3.63) is 62.5 Å². The highest BCUT2D eigenvalue weighted by atomic mass is 35.5. The van der Waals surface area contributed by atoms with Gasteiger partial charge in [-0.2, -0.15) is 0 Å². The molecule has 0 fully saturated rings. The Kier molecular flexibility index (Phi) is 7.67. The van der Waals surface area contributed by atoms with E-state index in [4.69, 9.17) is 27.9 Å². The number of aromatic nitrogens is 1. The van der Waals surface area contributed by atoms with Crippen molar-refractivity contribution in [2.75, 3.05) is 6.61 Å². The highest BCUT2D eigenvalue weighted by Crippen LogP contribution is 2.21. The molecule has 5 heteroatoms. The normalized spacial score (nSPS) is 10.8. The number of nitrogens with zero attached hydrogens (tertiary/aromatic N) is 1. The third kappa shape index (κ3) is 5.88. The van der Waals surface area contributed by atoms with E-state index in [2.05, 4.69) is 6.92 Å². The smallest absolute Gasteiger partial charge is 0.254 e. The molecule has 0 aliphatic rings. The van der Waals surface area contributed by atoms with Gasteiger partial charge in [0.25, 0.3) is 5.56 Å². The topological polar surface area (TPSA) is 31.2 Å². The fraction of sp³-hybridized carbons (Fsp3) is 0.421. The summed E-state index contributed by atoms with van der Waals surface area (Å²) in [4.78, 5) is 12.2. The Morgan fingerprint density at radius 3 is 2.54 bits per heavy atom. The van der Waals surface area contributed by atoms with Crippen LogP contribution in [0.15, 0.2) is 41.3 Å². The molecule has 0 N–H and O–H groups in total. The van der Waals surface area contributed by atoms with Gasteiger partial charge in [0.2, 0.25) is 0 Å². The number of ether oxygens (including phenoxy) is 1. The maximum Gasteiger partial charge on any atom is 0.254 e. The van der Waals surface area contributed by atoms with Crippen molar-refractivity contribution < 1.29 is 4.74 Å². The second kappa shape index (κ2) is 9.75. The van der Waals surface area contributed by atoms with Crippen molar-refractivity contribution >= 4 is 23.2 Å². The first-order valence-electron chi connectivity index (χ1n) is 8.37. The molecule has 2 rings (SSSR count). The number of pyridine rings is 1. The number of rotatable bonds is 9. The first-order chi connectivity index (χ1) is 11.6. The van der Waals surface area contributed by atoms with Crippen molar-refractivity contribution in [3.8, 4) is 5.75 Å². The number of unbranched alkanes of at least 4 members (excludes halogenated alkanes) is 4. The van der Waals surface area contributed by atoms with Crippen molar-refractivity contribution in [3.63, 3.8) is 0 Å². The van der Waals surface area contributed by atoms with E-state index in [-0.39, 0.29) is 5.56 Å². The highest BCUT2D eigenvalue weighted by molar-refractivity contribution is 6.35. The first kappa shape index (κ1) is 18.9. The summed E-state index contributed by atoms with van der Waals surface area (Å²) in [5.41, 5.74) is 0.747. The van der Waals surface area contributed by atoms with Gasteiger partial charge in [0.15, 0.2) is 0 Å². The van der Waals surface area contributed by atoms with Gasteiger partial charge in [0.05, 0.1) is 13.2 Å². The fourth-order valence-electron chi connectivity index (χ4n) is 2.44. The molecule has 24 heavy (non-hydrogen) atoms. The Hall–Kier alpha value is -1.45.